The number of nitrogens with one attached hydrogen (secondary N) is 1. The van der Waals surface area contributed by atoms with Crippen molar-refractivity contribution in [3.05, 3.63) is 0 Å². The van der Waals surface area contributed by atoms with Crippen LogP contribution in [0, 0.1) is 17.8 Å². The van der Waals surface area contributed by atoms with Crippen molar-refractivity contribution in [2.24, 2.45) is 17.8 Å². The van der Waals surface area contributed by atoms with Gasteiger partial charge in [-0.15, -0.1) is 0 Å². The third-order valence-corrected chi connectivity index (χ3v) is 5.15. The van der Waals surface area contributed by atoms with Gasteiger partial charge in [-0.2, -0.15) is 0 Å². The van der Waals surface area contributed by atoms with E-state index < -0.39 is 0 Å². The zero-order chi connectivity index (χ0) is 11.4. The fraction of sp³-hybridized carbons (Fsp3) is 1.00. The minimum atomic E-state index is 0.818. The molecule has 2 aliphatic rings. The van der Waals surface area contributed by atoms with E-state index in [1.165, 1.54) is 57.9 Å². The predicted molar refractivity (Wildman–Crippen MR) is 70.5 cm³/mol. The number of rotatable bonds is 4. The van der Waals surface area contributed by atoms with E-state index in [1.807, 2.05) is 0 Å². The van der Waals surface area contributed by atoms with Crippen LogP contribution in [0.5, 0.6) is 0 Å². The number of hydrogen-bond acceptors (Lipinski definition) is 1. The molecule has 0 saturated heterocycles. The molecule has 1 heteroatoms. The molecule has 16 heavy (non-hydrogen) atoms. The first-order valence-corrected chi connectivity index (χ1v) is 7.50. The summed E-state index contributed by atoms with van der Waals surface area (Å²) in [6.45, 7) is 6.11. The Hall–Kier alpha value is -0.0400. The highest BCUT2D eigenvalue weighted by Gasteiger charge is 2.29. The van der Waals surface area contributed by atoms with Crippen LogP contribution < -0.4 is 5.32 Å². The SMILES string of the molecule is CC1CCC(NCCC2CCCCC2)C1C. The molecule has 0 aromatic rings. The van der Waals surface area contributed by atoms with Crippen LogP contribution in [0.15, 0.2) is 0 Å². The molecule has 3 unspecified atom stereocenters. The molecular formula is C15H29N. The monoisotopic (exact) mass is 223 g/mol. The Kier molecular flexibility index (Phi) is 4.69. The topological polar surface area (TPSA) is 12.0 Å². The molecule has 0 amide bonds. The largest absolute Gasteiger partial charge is 0.314 e. The van der Waals surface area contributed by atoms with Crippen molar-refractivity contribution in [1.29, 1.82) is 0 Å². The summed E-state index contributed by atoms with van der Waals surface area (Å²) in [6, 6.07) is 0.818. The molecule has 0 spiro atoms. The molecule has 94 valence electrons. The molecule has 0 aromatic heterocycles. The summed E-state index contributed by atoms with van der Waals surface area (Å²) in [6.07, 6.45) is 11.7. The van der Waals surface area contributed by atoms with Gasteiger partial charge < -0.3 is 5.32 Å². The van der Waals surface area contributed by atoms with E-state index in [2.05, 4.69) is 19.2 Å². The second kappa shape index (κ2) is 6.05. The van der Waals surface area contributed by atoms with Crippen LogP contribution in [0.2, 0.25) is 0 Å². The highest BCUT2D eigenvalue weighted by atomic mass is 14.9. The Balaban J connectivity index is 1.60. The third-order valence-electron chi connectivity index (χ3n) is 5.15. The molecule has 0 aliphatic heterocycles. The van der Waals surface area contributed by atoms with Crippen LogP contribution in [0.4, 0.5) is 0 Å². The van der Waals surface area contributed by atoms with Gasteiger partial charge in [-0.3, -0.25) is 0 Å². The molecule has 2 saturated carbocycles. The lowest BCUT2D eigenvalue weighted by Crippen LogP contribution is -2.34. The van der Waals surface area contributed by atoms with Crippen molar-refractivity contribution < 1.29 is 0 Å². The molecule has 2 aliphatic carbocycles. The summed E-state index contributed by atoms with van der Waals surface area (Å²) >= 11 is 0. The molecule has 2 rings (SSSR count). The molecular weight excluding hydrogens is 194 g/mol. The van der Waals surface area contributed by atoms with Gasteiger partial charge in [-0.05, 0) is 43.6 Å². The predicted octanol–water partition coefficient (Wildman–Crippen LogP) is 3.98. The Bertz CT molecular complexity index is 196. The average molecular weight is 223 g/mol. The summed E-state index contributed by atoms with van der Waals surface area (Å²) in [4.78, 5) is 0. The Labute approximate surface area is 101 Å². The van der Waals surface area contributed by atoms with Gasteiger partial charge in [0.15, 0.2) is 0 Å². The van der Waals surface area contributed by atoms with Crippen molar-refractivity contribution in [1.82, 2.24) is 5.32 Å². The van der Waals surface area contributed by atoms with Gasteiger partial charge in [0.25, 0.3) is 0 Å². The lowest BCUT2D eigenvalue weighted by atomic mass is 9.87. The van der Waals surface area contributed by atoms with Gasteiger partial charge in [0.2, 0.25) is 0 Å². The van der Waals surface area contributed by atoms with Crippen LogP contribution in [0.3, 0.4) is 0 Å². The first kappa shape index (κ1) is 12.4. The van der Waals surface area contributed by atoms with Gasteiger partial charge in [-0.1, -0.05) is 46.0 Å². The van der Waals surface area contributed by atoms with E-state index in [-0.39, 0.29) is 0 Å². The van der Waals surface area contributed by atoms with Gasteiger partial charge in [0.05, 0.1) is 0 Å². The maximum Gasteiger partial charge on any atom is 0.00953 e. The fourth-order valence-corrected chi connectivity index (χ4v) is 3.60. The minimum Gasteiger partial charge on any atom is -0.314 e. The van der Waals surface area contributed by atoms with Gasteiger partial charge >= 0.3 is 0 Å². The Morgan fingerprint density at radius 2 is 1.69 bits per heavy atom. The van der Waals surface area contributed by atoms with Crippen molar-refractivity contribution in [3.63, 3.8) is 0 Å². The standard InChI is InChI=1S/C15H29N/c1-12-8-9-15(13(12)2)16-11-10-14-6-4-3-5-7-14/h12-16H,3-11H2,1-2H3. The average Bonchev–Trinajstić information content (AvgIpc) is 2.62. The van der Waals surface area contributed by atoms with Crippen molar-refractivity contribution >= 4 is 0 Å². The van der Waals surface area contributed by atoms with Crippen LogP contribution in [-0.4, -0.2) is 12.6 Å². The molecule has 0 heterocycles. The Morgan fingerprint density at radius 3 is 2.31 bits per heavy atom. The first-order valence-electron chi connectivity index (χ1n) is 7.50. The summed E-state index contributed by atoms with van der Waals surface area (Å²) in [7, 11) is 0. The summed E-state index contributed by atoms with van der Waals surface area (Å²) in [5.74, 6) is 2.87. The van der Waals surface area contributed by atoms with Crippen LogP contribution in [0.25, 0.3) is 0 Å². The Morgan fingerprint density at radius 1 is 0.938 bits per heavy atom. The zero-order valence-electron chi connectivity index (χ0n) is 11.2. The van der Waals surface area contributed by atoms with Crippen molar-refractivity contribution in [2.75, 3.05) is 6.54 Å². The van der Waals surface area contributed by atoms with Crippen LogP contribution in [-0.2, 0) is 0 Å². The number of hydrogen-bond donors (Lipinski definition) is 1. The minimum absolute atomic E-state index is 0.818. The quantitative estimate of drug-likeness (QED) is 0.760. The normalized spacial score (nSPS) is 36.8. The molecule has 0 aromatic carbocycles. The molecule has 1 N–H and O–H groups in total. The van der Waals surface area contributed by atoms with E-state index in [0.29, 0.717) is 0 Å². The van der Waals surface area contributed by atoms with Crippen molar-refractivity contribution in [2.45, 2.75) is 71.3 Å². The molecule has 3 atom stereocenters. The maximum absolute atomic E-state index is 3.81. The van der Waals surface area contributed by atoms with E-state index in [1.54, 1.807) is 0 Å². The van der Waals surface area contributed by atoms with E-state index in [4.69, 9.17) is 0 Å². The van der Waals surface area contributed by atoms with Gasteiger partial charge in [0, 0.05) is 6.04 Å². The highest BCUT2D eigenvalue weighted by Crippen LogP contribution is 2.31. The van der Waals surface area contributed by atoms with E-state index >= 15 is 0 Å². The van der Waals surface area contributed by atoms with Crippen LogP contribution in [0.1, 0.15) is 65.2 Å². The second-order valence-corrected chi connectivity index (χ2v) is 6.27. The zero-order valence-corrected chi connectivity index (χ0v) is 11.2. The summed E-state index contributed by atoms with van der Waals surface area (Å²) in [5.41, 5.74) is 0. The molecule has 2 fully saturated rings. The molecule has 1 nitrogen and oxygen atoms in total. The first-order chi connectivity index (χ1) is 7.77. The van der Waals surface area contributed by atoms with Gasteiger partial charge in [0.1, 0.15) is 0 Å². The van der Waals surface area contributed by atoms with Crippen molar-refractivity contribution in [3.8, 4) is 0 Å². The second-order valence-electron chi connectivity index (χ2n) is 6.27. The fourth-order valence-electron chi connectivity index (χ4n) is 3.60. The summed E-state index contributed by atoms with van der Waals surface area (Å²) < 4.78 is 0. The third kappa shape index (κ3) is 3.23. The smallest absolute Gasteiger partial charge is 0.00953 e. The summed E-state index contributed by atoms with van der Waals surface area (Å²) in [5, 5.41) is 3.81. The van der Waals surface area contributed by atoms with Crippen LogP contribution >= 0.6 is 0 Å². The van der Waals surface area contributed by atoms with E-state index in [0.717, 1.165) is 23.8 Å². The van der Waals surface area contributed by atoms with E-state index in [9.17, 15) is 0 Å². The molecule has 0 bridgehead atoms. The molecule has 0 radical (unpaired) electrons. The highest BCUT2D eigenvalue weighted by molar-refractivity contribution is 4.84. The van der Waals surface area contributed by atoms with Gasteiger partial charge in [-0.25, -0.2) is 0 Å². The lowest BCUT2D eigenvalue weighted by Gasteiger charge is -2.24. The lowest BCUT2D eigenvalue weighted by molar-refractivity contribution is 0.312. The maximum atomic E-state index is 3.81.